The molecule has 27 heavy (non-hydrogen) atoms. The first-order valence-electron chi connectivity index (χ1n) is 9.34. The first kappa shape index (κ1) is 17.5. The zero-order valence-corrected chi connectivity index (χ0v) is 15.8. The van der Waals surface area contributed by atoms with Crippen LogP contribution in [0.1, 0.15) is 17.7 Å². The Balaban J connectivity index is 1.35. The number of aryl methyl sites for hydroxylation is 1. The van der Waals surface area contributed by atoms with E-state index in [1.807, 2.05) is 46.8 Å². The third-order valence-corrected chi connectivity index (χ3v) is 5.18. The fourth-order valence-corrected chi connectivity index (χ4v) is 3.68. The van der Waals surface area contributed by atoms with E-state index < -0.39 is 0 Å². The largest absolute Gasteiger partial charge is 0.323 e. The lowest BCUT2D eigenvalue weighted by molar-refractivity contribution is 0.208. The zero-order valence-electron chi connectivity index (χ0n) is 15.8. The summed E-state index contributed by atoms with van der Waals surface area (Å²) in [5.41, 5.74) is 3.87. The van der Waals surface area contributed by atoms with Crippen LogP contribution in [0.4, 0.5) is 10.5 Å². The molecule has 0 saturated carbocycles. The van der Waals surface area contributed by atoms with E-state index in [4.69, 9.17) is 0 Å². The molecule has 1 fully saturated rings. The number of nitrogens with one attached hydrogen (secondary N) is 1. The molecule has 4 rings (SSSR count). The van der Waals surface area contributed by atoms with E-state index in [-0.39, 0.29) is 6.03 Å². The molecule has 6 heteroatoms. The number of carbonyl (C=O) groups is 1. The van der Waals surface area contributed by atoms with Gasteiger partial charge in [0.1, 0.15) is 5.65 Å². The number of benzene rings is 1. The van der Waals surface area contributed by atoms with Crippen molar-refractivity contribution in [3.63, 3.8) is 0 Å². The highest BCUT2D eigenvalue weighted by Crippen LogP contribution is 2.19. The Bertz CT molecular complexity index is 936. The van der Waals surface area contributed by atoms with Crippen LogP contribution in [0.3, 0.4) is 0 Å². The minimum atomic E-state index is -0.0433. The van der Waals surface area contributed by atoms with Crippen LogP contribution in [-0.4, -0.2) is 51.4 Å². The number of imidazole rings is 1. The van der Waals surface area contributed by atoms with Crippen LogP contribution in [0.25, 0.3) is 5.65 Å². The van der Waals surface area contributed by atoms with E-state index in [9.17, 15) is 4.79 Å². The van der Waals surface area contributed by atoms with Gasteiger partial charge in [0.05, 0.1) is 5.69 Å². The summed E-state index contributed by atoms with van der Waals surface area (Å²) in [6, 6.07) is 14.6. The van der Waals surface area contributed by atoms with Crippen molar-refractivity contribution < 1.29 is 4.79 Å². The topological polar surface area (TPSA) is 52.9 Å². The van der Waals surface area contributed by atoms with Gasteiger partial charge < -0.3 is 14.6 Å². The zero-order chi connectivity index (χ0) is 18.8. The van der Waals surface area contributed by atoms with E-state index >= 15 is 0 Å². The van der Waals surface area contributed by atoms with Crippen LogP contribution < -0.4 is 5.32 Å². The Morgan fingerprint density at radius 3 is 2.93 bits per heavy atom. The summed E-state index contributed by atoms with van der Waals surface area (Å²) >= 11 is 0. The van der Waals surface area contributed by atoms with Crippen LogP contribution in [0.5, 0.6) is 0 Å². The summed E-state index contributed by atoms with van der Waals surface area (Å²) in [6.45, 7) is 4.39. The van der Waals surface area contributed by atoms with Crippen molar-refractivity contribution in [1.82, 2.24) is 19.2 Å². The second-order valence-electron chi connectivity index (χ2n) is 7.28. The molecule has 0 radical (unpaired) electrons. The Hall–Kier alpha value is -2.86. The van der Waals surface area contributed by atoms with Gasteiger partial charge in [-0.3, -0.25) is 4.90 Å². The number of likely N-dealkylation sites (tertiary alicyclic amines) is 1. The highest BCUT2D eigenvalue weighted by Gasteiger charge is 2.28. The summed E-state index contributed by atoms with van der Waals surface area (Å²) in [7, 11) is 2.13. The van der Waals surface area contributed by atoms with Crippen molar-refractivity contribution in [3.8, 4) is 0 Å². The van der Waals surface area contributed by atoms with Gasteiger partial charge in [-0.05, 0) is 32.0 Å². The van der Waals surface area contributed by atoms with E-state index in [1.54, 1.807) is 0 Å². The lowest BCUT2D eigenvalue weighted by Gasteiger charge is -2.24. The molecular formula is C21H25N5O. The SMILES string of the molecule is Cc1cn2ccc(NC(=O)N3CCC(N(C)Cc4ccccc4)C3)cc2n1. The van der Waals surface area contributed by atoms with Crippen LogP contribution in [0.2, 0.25) is 0 Å². The predicted octanol–water partition coefficient (Wildman–Crippen LogP) is 3.38. The Labute approximate surface area is 159 Å². The molecule has 0 aliphatic carbocycles. The van der Waals surface area contributed by atoms with Crippen LogP contribution in [-0.2, 0) is 6.54 Å². The number of rotatable bonds is 4. The van der Waals surface area contributed by atoms with Crippen molar-refractivity contribution >= 4 is 17.4 Å². The van der Waals surface area contributed by atoms with Crippen molar-refractivity contribution in [3.05, 3.63) is 66.1 Å². The summed E-state index contributed by atoms with van der Waals surface area (Å²) in [4.78, 5) is 21.3. The minimum absolute atomic E-state index is 0.0433. The number of aromatic nitrogens is 2. The maximum atomic E-state index is 12.7. The van der Waals surface area contributed by atoms with Gasteiger partial charge >= 0.3 is 6.03 Å². The lowest BCUT2D eigenvalue weighted by Crippen LogP contribution is -2.38. The molecule has 3 aromatic rings. The molecule has 3 heterocycles. The number of urea groups is 1. The number of carbonyl (C=O) groups excluding carboxylic acids is 1. The average molecular weight is 363 g/mol. The van der Waals surface area contributed by atoms with E-state index in [0.717, 1.165) is 43.1 Å². The fraction of sp³-hybridized carbons (Fsp3) is 0.333. The van der Waals surface area contributed by atoms with Gasteiger partial charge in [0.2, 0.25) is 0 Å². The number of pyridine rings is 1. The number of hydrogen-bond donors (Lipinski definition) is 1. The average Bonchev–Trinajstić information content (AvgIpc) is 3.28. The normalized spacial score (nSPS) is 17.0. The molecule has 2 aromatic heterocycles. The molecule has 2 amide bonds. The molecule has 1 aromatic carbocycles. The molecular weight excluding hydrogens is 338 g/mol. The molecule has 1 aliphatic rings. The van der Waals surface area contributed by atoms with Crippen LogP contribution in [0, 0.1) is 6.92 Å². The number of nitrogens with zero attached hydrogens (tertiary/aromatic N) is 4. The van der Waals surface area contributed by atoms with Crippen LogP contribution >= 0.6 is 0 Å². The lowest BCUT2D eigenvalue weighted by atomic mass is 10.1. The molecule has 1 N–H and O–H groups in total. The molecule has 1 atom stereocenters. The van der Waals surface area contributed by atoms with E-state index in [1.165, 1.54) is 5.56 Å². The van der Waals surface area contributed by atoms with Crippen molar-refractivity contribution in [2.45, 2.75) is 25.9 Å². The number of anilines is 1. The predicted molar refractivity (Wildman–Crippen MR) is 107 cm³/mol. The molecule has 1 unspecified atom stereocenters. The second-order valence-corrected chi connectivity index (χ2v) is 7.28. The highest BCUT2D eigenvalue weighted by molar-refractivity contribution is 5.90. The van der Waals surface area contributed by atoms with Gasteiger partial charge in [0, 0.05) is 49.8 Å². The smallest absolute Gasteiger partial charge is 0.321 e. The number of likely N-dealkylation sites (N-methyl/N-ethyl adjacent to an activating group) is 1. The van der Waals surface area contributed by atoms with Gasteiger partial charge in [-0.15, -0.1) is 0 Å². The van der Waals surface area contributed by atoms with E-state index in [0.29, 0.717) is 6.04 Å². The third kappa shape index (κ3) is 3.95. The first-order chi connectivity index (χ1) is 13.1. The Morgan fingerprint density at radius 2 is 2.11 bits per heavy atom. The standard InChI is InChI=1S/C21H25N5O/c1-16-13-25-10-8-18(12-20(25)22-16)23-21(27)26-11-9-19(15-26)24(2)14-17-6-4-3-5-7-17/h3-8,10,12-13,19H,9,11,14-15H2,1-2H3,(H,23,27). The second kappa shape index (κ2) is 7.40. The van der Waals surface area contributed by atoms with Crippen molar-refractivity contribution in [2.75, 3.05) is 25.5 Å². The number of fused-ring (bicyclic) bond motifs is 1. The fourth-order valence-electron chi connectivity index (χ4n) is 3.68. The summed E-state index contributed by atoms with van der Waals surface area (Å²) < 4.78 is 1.95. The molecule has 1 saturated heterocycles. The first-order valence-corrected chi connectivity index (χ1v) is 9.34. The van der Waals surface area contributed by atoms with Crippen molar-refractivity contribution in [1.29, 1.82) is 0 Å². The van der Waals surface area contributed by atoms with Gasteiger partial charge in [-0.2, -0.15) is 0 Å². The summed E-state index contributed by atoms with van der Waals surface area (Å²) in [6.07, 6.45) is 4.88. The summed E-state index contributed by atoms with van der Waals surface area (Å²) in [5, 5.41) is 3.01. The summed E-state index contributed by atoms with van der Waals surface area (Å²) in [5.74, 6) is 0. The number of amides is 2. The molecule has 6 nitrogen and oxygen atoms in total. The maximum Gasteiger partial charge on any atom is 0.321 e. The molecule has 0 bridgehead atoms. The quantitative estimate of drug-likeness (QED) is 0.773. The third-order valence-electron chi connectivity index (χ3n) is 5.18. The minimum Gasteiger partial charge on any atom is -0.323 e. The van der Waals surface area contributed by atoms with Gasteiger partial charge in [-0.25, -0.2) is 9.78 Å². The van der Waals surface area contributed by atoms with Gasteiger partial charge in [-0.1, -0.05) is 30.3 Å². The van der Waals surface area contributed by atoms with E-state index in [2.05, 4.69) is 46.5 Å². The Kier molecular flexibility index (Phi) is 4.81. The molecule has 1 aliphatic heterocycles. The highest BCUT2D eigenvalue weighted by atomic mass is 16.2. The molecule has 140 valence electrons. The van der Waals surface area contributed by atoms with Crippen LogP contribution in [0.15, 0.2) is 54.9 Å². The number of hydrogen-bond acceptors (Lipinski definition) is 3. The monoisotopic (exact) mass is 363 g/mol. The van der Waals surface area contributed by atoms with Gasteiger partial charge in [0.15, 0.2) is 0 Å². The van der Waals surface area contributed by atoms with Crippen molar-refractivity contribution in [2.24, 2.45) is 0 Å². The Morgan fingerprint density at radius 1 is 1.30 bits per heavy atom. The van der Waals surface area contributed by atoms with Gasteiger partial charge in [0.25, 0.3) is 0 Å². The molecule has 0 spiro atoms. The maximum absolute atomic E-state index is 12.7.